The van der Waals surface area contributed by atoms with Crippen molar-refractivity contribution >= 4 is 11.5 Å². The molecule has 0 saturated heterocycles. The molecule has 0 aliphatic heterocycles. The highest BCUT2D eigenvalue weighted by molar-refractivity contribution is 5.99. The van der Waals surface area contributed by atoms with Crippen molar-refractivity contribution in [3.8, 4) is 12.3 Å². The fourth-order valence-electron chi connectivity index (χ4n) is 1.77. The lowest BCUT2D eigenvalue weighted by Crippen LogP contribution is -2.27. The van der Waals surface area contributed by atoms with Crippen LogP contribution >= 0.6 is 0 Å². The van der Waals surface area contributed by atoms with E-state index in [-0.39, 0.29) is 5.78 Å². The van der Waals surface area contributed by atoms with Gasteiger partial charge in [0.05, 0.1) is 12.2 Å². The normalized spacial score (nSPS) is 9.76. The SMILES string of the molecule is C#CCN(CCC)c1c(F)cccc1C(C)=O. The lowest BCUT2D eigenvalue weighted by molar-refractivity contribution is 0.101. The molecule has 0 unspecified atom stereocenters. The van der Waals surface area contributed by atoms with Crippen molar-refractivity contribution in [1.82, 2.24) is 0 Å². The molecule has 0 fully saturated rings. The largest absolute Gasteiger partial charge is 0.357 e. The van der Waals surface area contributed by atoms with Crippen molar-refractivity contribution < 1.29 is 9.18 Å². The van der Waals surface area contributed by atoms with Gasteiger partial charge in [-0.25, -0.2) is 4.39 Å². The van der Waals surface area contributed by atoms with Gasteiger partial charge >= 0.3 is 0 Å². The molecule has 0 aromatic heterocycles. The third kappa shape index (κ3) is 3.07. The van der Waals surface area contributed by atoms with Crippen LogP contribution in [-0.2, 0) is 0 Å². The van der Waals surface area contributed by atoms with Gasteiger partial charge in [-0.05, 0) is 25.5 Å². The average Bonchev–Trinajstić information content (AvgIpc) is 2.28. The molecule has 1 aromatic carbocycles. The number of hydrogen-bond donors (Lipinski definition) is 0. The monoisotopic (exact) mass is 233 g/mol. The number of Topliss-reactive ketones (excluding diaryl/α,β-unsaturated/α-hetero) is 1. The summed E-state index contributed by atoms with van der Waals surface area (Å²) < 4.78 is 13.8. The molecule has 17 heavy (non-hydrogen) atoms. The van der Waals surface area contributed by atoms with Gasteiger partial charge in [-0.3, -0.25) is 4.79 Å². The first kappa shape index (κ1) is 13.2. The van der Waals surface area contributed by atoms with E-state index in [4.69, 9.17) is 6.42 Å². The second-order valence-electron chi connectivity index (χ2n) is 3.82. The molecule has 0 atom stereocenters. The van der Waals surface area contributed by atoms with Crippen molar-refractivity contribution in [2.45, 2.75) is 20.3 Å². The number of hydrogen-bond acceptors (Lipinski definition) is 2. The summed E-state index contributed by atoms with van der Waals surface area (Å²) in [6.07, 6.45) is 6.11. The summed E-state index contributed by atoms with van der Waals surface area (Å²) in [7, 11) is 0. The van der Waals surface area contributed by atoms with Gasteiger partial charge in [-0.2, -0.15) is 0 Å². The van der Waals surface area contributed by atoms with Gasteiger partial charge < -0.3 is 4.90 Å². The highest BCUT2D eigenvalue weighted by Crippen LogP contribution is 2.25. The molecule has 0 N–H and O–H groups in total. The van der Waals surface area contributed by atoms with E-state index in [1.165, 1.54) is 19.1 Å². The first-order valence-electron chi connectivity index (χ1n) is 5.59. The van der Waals surface area contributed by atoms with Crippen LogP contribution in [0.2, 0.25) is 0 Å². The quantitative estimate of drug-likeness (QED) is 0.575. The lowest BCUT2D eigenvalue weighted by atomic mass is 10.1. The van der Waals surface area contributed by atoms with E-state index in [2.05, 4.69) is 5.92 Å². The lowest BCUT2D eigenvalue weighted by Gasteiger charge is -2.24. The molecule has 0 bridgehead atoms. The van der Waals surface area contributed by atoms with E-state index >= 15 is 0 Å². The molecule has 1 rings (SSSR count). The number of rotatable bonds is 5. The van der Waals surface area contributed by atoms with Crippen molar-refractivity contribution in [2.75, 3.05) is 18.0 Å². The zero-order chi connectivity index (χ0) is 12.8. The molecule has 2 nitrogen and oxygen atoms in total. The Labute approximate surface area is 101 Å². The highest BCUT2D eigenvalue weighted by atomic mass is 19.1. The van der Waals surface area contributed by atoms with E-state index < -0.39 is 5.82 Å². The van der Waals surface area contributed by atoms with Crippen LogP contribution in [0.25, 0.3) is 0 Å². The Balaban J connectivity index is 3.25. The molecular formula is C14H16FNO. The number of carbonyl (C=O) groups excluding carboxylic acids is 1. The number of ketones is 1. The number of terminal acetylenes is 1. The zero-order valence-corrected chi connectivity index (χ0v) is 10.2. The van der Waals surface area contributed by atoms with Crippen LogP contribution in [0, 0.1) is 18.2 Å². The van der Waals surface area contributed by atoms with Crippen LogP contribution in [-0.4, -0.2) is 18.9 Å². The van der Waals surface area contributed by atoms with Gasteiger partial charge in [0.15, 0.2) is 5.78 Å². The molecule has 1 aromatic rings. The Kier molecular flexibility index (Phi) is 4.71. The van der Waals surface area contributed by atoms with Crippen LogP contribution in [0.3, 0.4) is 0 Å². The summed E-state index contributed by atoms with van der Waals surface area (Å²) in [5.74, 6) is 1.94. The number of anilines is 1. The average molecular weight is 233 g/mol. The molecule has 0 saturated carbocycles. The Morgan fingerprint density at radius 3 is 2.76 bits per heavy atom. The summed E-state index contributed by atoms with van der Waals surface area (Å²) in [5.41, 5.74) is 0.702. The second-order valence-corrected chi connectivity index (χ2v) is 3.82. The number of carbonyl (C=O) groups is 1. The van der Waals surface area contributed by atoms with Crippen LogP contribution in [0.5, 0.6) is 0 Å². The van der Waals surface area contributed by atoms with Crippen LogP contribution in [0.1, 0.15) is 30.6 Å². The van der Waals surface area contributed by atoms with Crippen molar-refractivity contribution in [1.29, 1.82) is 0 Å². The third-order valence-corrected chi connectivity index (χ3v) is 2.46. The second kappa shape index (κ2) is 6.05. The maximum absolute atomic E-state index is 13.8. The first-order valence-corrected chi connectivity index (χ1v) is 5.59. The minimum atomic E-state index is -0.401. The molecule has 3 heteroatoms. The highest BCUT2D eigenvalue weighted by Gasteiger charge is 2.17. The topological polar surface area (TPSA) is 20.3 Å². The molecule has 0 radical (unpaired) electrons. The van der Waals surface area contributed by atoms with E-state index in [1.807, 2.05) is 6.92 Å². The molecule has 0 aliphatic carbocycles. The van der Waals surface area contributed by atoms with Gasteiger partial charge in [0.2, 0.25) is 0 Å². The summed E-state index contributed by atoms with van der Waals surface area (Å²) in [6.45, 7) is 4.34. The number of nitrogens with zero attached hydrogens (tertiary/aromatic N) is 1. The predicted octanol–water partition coefficient (Wildman–Crippen LogP) is 2.88. The van der Waals surface area contributed by atoms with Gasteiger partial charge in [-0.15, -0.1) is 6.42 Å². The Bertz CT molecular complexity index is 448. The van der Waals surface area contributed by atoms with Gasteiger partial charge in [-0.1, -0.05) is 18.9 Å². The van der Waals surface area contributed by atoms with E-state index in [9.17, 15) is 9.18 Å². The fraction of sp³-hybridized carbons (Fsp3) is 0.357. The fourth-order valence-corrected chi connectivity index (χ4v) is 1.77. The Morgan fingerprint density at radius 2 is 2.24 bits per heavy atom. The van der Waals surface area contributed by atoms with Crippen molar-refractivity contribution in [2.24, 2.45) is 0 Å². The number of halogens is 1. The van der Waals surface area contributed by atoms with Gasteiger partial charge in [0, 0.05) is 12.1 Å². The van der Waals surface area contributed by atoms with Crippen molar-refractivity contribution in [3.05, 3.63) is 29.6 Å². The first-order chi connectivity index (χ1) is 8.11. The summed E-state index contributed by atoms with van der Waals surface area (Å²) in [6, 6.07) is 4.51. The number of benzene rings is 1. The smallest absolute Gasteiger partial charge is 0.161 e. The third-order valence-electron chi connectivity index (χ3n) is 2.46. The Hall–Kier alpha value is -1.82. The summed E-state index contributed by atoms with van der Waals surface area (Å²) in [4.78, 5) is 13.2. The number of para-hydroxylation sites is 1. The Morgan fingerprint density at radius 1 is 1.53 bits per heavy atom. The maximum atomic E-state index is 13.8. The standard InChI is InChI=1S/C14H16FNO/c1-4-9-16(10-5-2)14-12(11(3)17)7-6-8-13(14)15/h1,6-8H,5,9-10H2,2-3H3. The predicted molar refractivity (Wildman–Crippen MR) is 67.7 cm³/mol. The van der Waals surface area contributed by atoms with Crippen molar-refractivity contribution in [3.63, 3.8) is 0 Å². The van der Waals surface area contributed by atoms with Crippen LogP contribution < -0.4 is 4.90 Å². The van der Waals surface area contributed by atoms with Gasteiger partial charge in [0.1, 0.15) is 5.82 Å². The molecule has 0 heterocycles. The minimum absolute atomic E-state index is 0.155. The van der Waals surface area contributed by atoms with Crippen LogP contribution in [0.15, 0.2) is 18.2 Å². The zero-order valence-electron chi connectivity index (χ0n) is 10.2. The van der Waals surface area contributed by atoms with Gasteiger partial charge in [0.25, 0.3) is 0 Å². The molecule has 0 aliphatic rings. The molecule has 90 valence electrons. The molecular weight excluding hydrogens is 217 g/mol. The minimum Gasteiger partial charge on any atom is -0.357 e. The summed E-state index contributed by atoms with van der Waals surface area (Å²) in [5, 5.41) is 0. The van der Waals surface area contributed by atoms with E-state index in [1.54, 1.807) is 11.0 Å². The molecule has 0 spiro atoms. The maximum Gasteiger partial charge on any atom is 0.161 e. The van der Waals surface area contributed by atoms with E-state index in [0.29, 0.717) is 24.3 Å². The summed E-state index contributed by atoms with van der Waals surface area (Å²) >= 11 is 0. The van der Waals surface area contributed by atoms with E-state index in [0.717, 1.165) is 6.42 Å². The van der Waals surface area contributed by atoms with Crippen LogP contribution in [0.4, 0.5) is 10.1 Å². The molecule has 0 amide bonds.